The fraction of sp³-hybridized carbons (Fsp3) is 0.167. The molecule has 16 heavy (non-hydrogen) atoms. The van der Waals surface area contributed by atoms with E-state index in [4.69, 9.17) is 21.1 Å². The number of nitrogens with one attached hydrogen (secondary N) is 1. The molecule has 4 heteroatoms. The van der Waals surface area contributed by atoms with Gasteiger partial charge in [-0.05, 0) is 30.3 Å². The van der Waals surface area contributed by atoms with Crippen molar-refractivity contribution in [2.45, 2.75) is 13.2 Å². The second-order valence-corrected chi connectivity index (χ2v) is 3.83. The molecule has 0 amide bonds. The van der Waals surface area contributed by atoms with E-state index in [1.165, 1.54) is 0 Å². The summed E-state index contributed by atoms with van der Waals surface area (Å²) in [4.78, 5) is 0. The van der Waals surface area contributed by atoms with Crippen molar-refractivity contribution < 1.29 is 9.52 Å². The van der Waals surface area contributed by atoms with Gasteiger partial charge in [-0.25, -0.2) is 0 Å². The minimum atomic E-state index is -0.0723. The first-order chi connectivity index (χ1) is 7.78. The van der Waals surface area contributed by atoms with E-state index in [1.807, 2.05) is 30.3 Å². The third-order valence-corrected chi connectivity index (χ3v) is 2.40. The Labute approximate surface area is 98.7 Å². The van der Waals surface area contributed by atoms with Gasteiger partial charge in [0.1, 0.15) is 18.1 Å². The van der Waals surface area contributed by atoms with Gasteiger partial charge in [-0.3, -0.25) is 0 Å². The summed E-state index contributed by atoms with van der Waals surface area (Å²) in [6.07, 6.45) is 0. The SMILES string of the molecule is OCc1ccc(CNc2cccc(Cl)c2)o1. The third-order valence-electron chi connectivity index (χ3n) is 2.16. The molecule has 1 aromatic heterocycles. The maximum Gasteiger partial charge on any atom is 0.129 e. The smallest absolute Gasteiger partial charge is 0.129 e. The van der Waals surface area contributed by atoms with Crippen molar-refractivity contribution in [3.8, 4) is 0 Å². The molecular weight excluding hydrogens is 226 g/mol. The molecule has 0 fully saturated rings. The molecule has 0 unspecified atom stereocenters. The van der Waals surface area contributed by atoms with Crippen LogP contribution in [0.5, 0.6) is 0 Å². The Morgan fingerprint density at radius 1 is 1.19 bits per heavy atom. The van der Waals surface area contributed by atoms with E-state index in [0.717, 1.165) is 11.4 Å². The number of anilines is 1. The highest BCUT2D eigenvalue weighted by atomic mass is 35.5. The number of hydrogen-bond donors (Lipinski definition) is 2. The van der Waals surface area contributed by atoms with Crippen LogP contribution < -0.4 is 5.32 Å². The van der Waals surface area contributed by atoms with Gasteiger partial charge in [0.15, 0.2) is 0 Å². The van der Waals surface area contributed by atoms with Gasteiger partial charge >= 0.3 is 0 Å². The van der Waals surface area contributed by atoms with Gasteiger partial charge in [0.05, 0.1) is 6.54 Å². The van der Waals surface area contributed by atoms with Crippen molar-refractivity contribution >= 4 is 17.3 Å². The average Bonchev–Trinajstić information content (AvgIpc) is 2.74. The Bertz CT molecular complexity index is 468. The lowest BCUT2D eigenvalue weighted by atomic mass is 10.3. The van der Waals surface area contributed by atoms with Gasteiger partial charge < -0.3 is 14.8 Å². The standard InChI is InChI=1S/C12H12ClNO2/c13-9-2-1-3-10(6-9)14-7-11-4-5-12(8-15)16-11/h1-6,14-15H,7-8H2. The first-order valence-corrected chi connectivity index (χ1v) is 5.33. The highest BCUT2D eigenvalue weighted by molar-refractivity contribution is 6.30. The van der Waals surface area contributed by atoms with Crippen LogP contribution >= 0.6 is 11.6 Å². The number of benzene rings is 1. The fourth-order valence-electron chi connectivity index (χ4n) is 1.39. The van der Waals surface area contributed by atoms with Crippen molar-refractivity contribution in [1.29, 1.82) is 0 Å². The zero-order valence-corrected chi connectivity index (χ0v) is 9.37. The van der Waals surface area contributed by atoms with E-state index in [2.05, 4.69) is 5.32 Å². The largest absolute Gasteiger partial charge is 0.462 e. The molecule has 2 N–H and O–H groups in total. The quantitative estimate of drug-likeness (QED) is 0.859. The first kappa shape index (κ1) is 11.0. The summed E-state index contributed by atoms with van der Waals surface area (Å²) in [6.45, 7) is 0.498. The molecule has 0 aliphatic heterocycles. The zero-order chi connectivity index (χ0) is 11.4. The number of aliphatic hydroxyl groups is 1. The van der Waals surface area contributed by atoms with Crippen molar-refractivity contribution in [1.82, 2.24) is 0 Å². The molecule has 1 heterocycles. The fourth-order valence-corrected chi connectivity index (χ4v) is 1.58. The van der Waals surface area contributed by atoms with Gasteiger partial charge in [-0.15, -0.1) is 0 Å². The van der Waals surface area contributed by atoms with Crippen LogP contribution in [-0.2, 0) is 13.2 Å². The van der Waals surface area contributed by atoms with E-state index in [9.17, 15) is 0 Å². The number of halogens is 1. The number of rotatable bonds is 4. The molecule has 0 spiro atoms. The lowest BCUT2D eigenvalue weighted by molar-refractivity contribution is 0.244. The highest BCUT2D eigenvalue weighted by Crippen LogP contribution is 2.16. The molecule has 0 bridgehead atoms. The van der Waals surface area contributed by atoms with E-state index >= 15 is 0 Å². The topological polar surface area (TPSA) is 45.4 Å². The van der Waals surface area contributed by atoms with Crippen LogP contribution in [0.25, 0.3) is 0 Å². The molecule has 0 radical (unpaired) electrons. The Balaban J connectivity index is 1.96. The van der Waals surface area contributed by atoms with Crippen molar-refractivity contribution in [2.75, 3.05) is 5.32 Å². The maximum atomic E-state index is 8.84. The van der Waals surface area contributed by atoms with Crippen LogP contribution in [0.1, 0.15) is 11.5 Å². The maximum absolute atomic E-state index is 8.84. The summed E-state index contributed by atoms with van der Waals surface area (Å²) in [5, 5.41) is 12.7. The van der Waals surface area contributed by atoms with Crippen LogP contribution in [0.2, 0.25) is 5.02 Å². The van der Waals surface area contributed by atoms with E-state index < -0.39 is 0 Å². The summed E-state index contributed by atoms with van der Waals surface area (Å²) >= 11 is 5.86. The van der Waals surface area contributed by atoms with E-state index in [1.54, 1.807) is 6.07 Å². The summed E-state index contributed by atoms with van der Waals surface area (Å²) in [5.74, 6) is 1.35. The molecule has 3 nitrogen and oxygen atoms in total. The zero-order valence-electron chi connectivity index (χ0n) is 8.61. The monoisotopic (exact) mass is 237 g/mol. The highest BCUT2D eigenvalue weighted by Gasteiger charge is 2.00. The van der Waals surface area contributed by atoms with Gasteiger partial charge in [0.2, 0.25) is 0 Å². The van der Waals surface area contributed by atoms with Crippen molar-refractivity contribution in [3.05, 3.63) is 52.9 Å². The number of furan rings is 1. The van der Waals surface area contributed by atoms with E-state index in [-0.39, 0.29) is 6.61 Å². The number of aliphatic hydroxyl groups excluding tert-OH is 1. The lowest BCUT2D eigenvalue weighted by Gasteiger charge is -2.04. The molecule has 0 saturated carbocycles. The second-order valence-electron chi connectivity index (χ2n) is 3.39. The van der Waals surface area contributed by atoms with E-state index in [0.29, 0.717) is 17.3 Å². The Morgan fingerprint density at radius 2 is 2.00 bits per heavy atom. The predicted octanol–water partition coefficient (Wildman–Crippen LogP) is 3.04. The van der Waals surface area contributed by atoms with Gasteiger partial charge in [0, 0.05) is 10.7 Å². The molecule has 0 aliphatic rings. The van der Waals surface area contributed by atoms with Crippen molar-refractivity contribution in [2.24, 2.45) is 0 Å². The predicted molar refractivity (Wildman–Crippen MR) is 63.4 cm³/mol. The Morgan fingerprint density at radius 3 is 2.69 bits per heavy atom. The lowest BCUT2D eigenvalue weighted by Crippen LogP contribution is -1.97. The first-order valence-electron chi connectivity index (χ1n) is 4.96. The van der Waals surface area contributed by atoms with Crippen LogP contribution in [0, 0.1) is 0 Å². The second kappa shape index (κ2) is 5.05. The molecule has 0 aliphatic carbocycles. The molecular formula is C12H12ClNO2. The van der Waals surface area contributed by atoms with Crippen molar-refractivity contribution in [3.63, 3.8) is 0 Å². The minimum absolute atomic E-state index is 0.0723. The molecule has 84 valence electrons. The van der Waals surface area contributed by atoms with Crippen LogP contribution in [0.4, 0.5) is 5.69 Å². The number of hydrogen-bond acceptors (Lipinski definition) is 3. The molecule has 1 aromatic carbocycles. The van der Waals surface area contributed by atoms with Crippen LogP contribution in [-0.4, -0.2) is 5.11 Å². The molecule has 0 atom stereocenters. The third kappa shape index (κ3) is 2.78. The minimum Gasteiger partial charge on any atom is -0.462 e. The molecule has 0 saturated heterocycles. The summed E-state index contributed by atoms with van der Waals surface area (Å²) in [7, 11) is 0. The Hall–Kier alpha value is -1.45. The van der Waals surface area contributed by atoms with Gasteiger partial charge in [-0.2, -0.15) is 0 Å². The summed E-state index contributed by atoms with van der Waals surface area (Å²) in [5.41, 5.74) is 0.939. The summed E-state index contributed by atoms with van der Waals surface area (Å²) < 4.78 is 5.34. The van der Waals surface area contributed by atoms with Crippen LogP contribution in [0.15, 0.2) is 40.8 Å². The molecule has 2 aromatic rings. The molecule has 2 rings (SSSR count). The van der Waals surface area contributed by atoms with Gasteiger partial charge in [0.25, 0.3) is 0 Å². The summed E-state index contributed by atoms with van der Waals surface area (Å²) in [6, 6.07) is 11.1. The Kier molecular flexibility index (Phi) is 3.49. The average molecular weight is 238 g/mol. The normalized spacial score (nSPS) is 10.4. The van der Waals surface area contributed by atoms with Gasteiger partial charge in [-0.1, -0.05) is 17.7 Å². The van der Waals surface area contributed by atoms with Crippen LogP contribution in [0.3, 0.4) is 0 Å².